The molecular formula is C16H27N3OS. The van der Waals surface area contributed by atoms with Crippen molar-refractivity contribution in [1.29, 1.82) is 0 Å². The number of hydrogen-bond donors (Lipinski definition) is 2. The minimum Gasteiger partial charge on any atom is -0.348 e. The van der Waals surface area contributed by atoms with Gasteiger partial charge in [-0.1, -0.05) is 6.07 Å². The first kappa shape index (κ1) is 16.5. The van der Waals surface area contributed by atoms with Gasteiger partial charge in [0, 0.05) is 4.88 Å². The summed E-state index contributed by atoms with van der Waals surface area (Å²) < 4.78 is 0. The van der Waals surface area contributed by atoms with Crippen LogP contribution in [0.3, 0.4) is 0 Å². The van der Waals surface area contributed by atoms with Crippen molar-refractivity contribution in [2.75, 3.05) is 33.2 Å². The van der Waals surface area contributed by atoms with E-state index in [9.17, 15) is 4.79 Å². The quantitative estimate of drug-likeness (QED) is 0.812. The molecular weight excluding hydrogens is 282 g/mol. The third kappa shape index (κ3) is 5.41. The standard InChI is InChI=1S/C16H27N3OS/c1-13(15-4-3-11-21-15)18-16(20)12-19-9-6-14(7-10-19)5-8-17-2/h3-4,11,13-14,17H,5-10,12H2,1-2H3,(H,18,20). The van der Waals surface area contributed by atoms with Crippen molar-refractivity contribution in [1.82, 2.24) is 15.5 Å². The molecule has 21 heavy (non-hydrogen) atoms. The monoisotopic (exact) mass is 309 g/mol. The molecule has 0 aromatic carbocycles. The molecule has 5 heteroatoms. The van der Waals surface area contributed by atoms with Crippen molar-refractivity contribution in [2.45, 2.75) is 32.2 Å². The average Bonchev–Trinajstić information content (AvgIpc) is 3.01. The molecule has 1 aliphatic rings. The number of amides is 1. The van der Waals surface area contributed by atoms with Crippen LogP contribution in [-0.4, -0.2) is 44.0 Å². The summed E-state index contributed by atoms with van der Waals surface area (Å²) >= 11 is 1.69. The Morgan fingerprint density at radius 2 is 2.24 bits per heavy atom. The SMILES string of the molecule is CNCCC1CCN(CC(=O)NC(C)c2cccs2)CC1. The van der Waals surface area contributed by atoms with Crippen molar-refractivity contribution >= 4 is 17.2 Å². The van der Waals surface area contributed by atoms with Gasteiger partial charge in [-0.3, -0.25) is 9.69 Å². The number of thiophene rings is 1. The number of rotatable bonds is 7. The first-order valence-electron chi connectivity index (χ1n) is 7.88. The lowest BCUT2D eigenvalue weighted by molar-refractivity contribution is -0.123. The summed E-state index contributed by atoms with van der Waals surface area (Å²) in [5.74, 6) is 0.964. The van der Waals surface area contributed by atoms with Crippen LogP contribution in [0, 0.1) is 5.92 Å². The van der Waals surface area contributed by atoms with E-state index >= 15 is 0 Å². The van der Waals surface area contributed by atoms with Crippen LogP contribution in [0.1, 0.15) is 37.1 Å². The van der Waals surface area contributed by atoms with Crippen LogP contribution in [0.5, 0.6) is 0 Å². The lowest BCUT2D eigenvalue weighted by Gasteiger charge is -2.31. The largest absolute Gasteiger partial charge is 0.348 e. The Morgan fingerprint density at radius 3 is 2.86 bits per heavy atom. The van der Waals surface area contributed by atoms with E-state index in [-0.39, 0.29) is 11.9 Å². The molecule has 0 radical (unpaired) electrons. The third-order valence-electron chi connectivity index (χ3n) is 4.22. The second-order valence-corrected chi connectivity index (χ2v) is 6.90. The molecule has 0 spiro atoms. The zero-order chi connectivity index (χ0) is 15.1. The maximum Gasteiger partial charge on any atom is 0.234 e. The van der Waals surface area contributed by atoms with Gasteiger partial charge in [0.15, 0.2) is 0 Å². The van der Waals surface area contributed by atoms with Gasteiger partial charge in [-0.05, 0) is 70.2 Å². The first-order valence-corrected chi connectivity index (χ1v) is 8.76. The molecule has 1 aliphatic heterocycles. The van der Waals surface area contributed by atoms with Crippen LogP contribution >= 0.6 is 11.3 Å². The van der Waals surface area contributed by atoms with Crippen LogP contribution in [-0.2, 0) is 4.79 Å². The topological polar surface area (TPSA) is 44.4 Å². The van der Waals surface area contributed by atoms with Gasteiger partial charge in [0.2, 0.25) is 5.91 Å². The number of carbonyl (C=O) groups excluding carboxylic acids is 1. The van der Waals surface area contributed by atoms with Crippen molar-refractivity contribution in [3.05, 3.63) is 22.4 Å². The van der Waals surface area contributed by atoms with Gasteiger partial charge in [-0.15, -0.1) is 11.3 Å². The number of carbonyl (C=O) groups is 1. The number of nitrogens with zero attached hydrogens (tertiary/aromatic N) is 1. The summed E-state index contributed by atoms with van der Waals surface area (Å²) in [6.07, 6.45) is 3.69. The van der Waals surface area contributed by atoms with E-state index in [1.807, 2.05) is 25.4 Å². The van der Waals surface area contributed by atoms with Crippen molar-refractivity contribution < 1.29 is 4.79 Å². The van der Waals surface area contributed by atoms with Crippen LogP contribution in [0.25, 0.3) is 0 Å². The van der Waals surface area contributed by atoms with Crippen LogP contribution in [0.15, 0.2) is 17.5 Å². The van der Waals surface area contributed by atoms with Gasteiger partial charge in [-0.2, -0.15) is 0 Å². The maximum absolute atomic E-state index is 12.1. The lowest BCUT2D eigenvalue weighted by atomic mass is 9.93. The highest BCUT2D eigenvalue weighted by Crippen LogP contribution is 2.20. The summed E-state index contributed by atoms with van der Waals surface area (Å²) in [5, 5.41) is 8.36. The highest BCUT2D eigenvalue weighted by Gasteiger charge is 2.21. The summed E-state index contributed by atoms with van der Waals surface area (Å²) in [5.41, 5.74) is 0. The molecule has 1 amide bonds. The lowest BCUT2D eigenvalue weighted by Crippen LogP contribution is -2.42. The number of hydrogen-bond acceptors (Lipinski definition) is 4. The van der Waals surface area contributed by atoms with Gasteiger partial charge in [0.25, 0.3) is 0 Å². The molecule has 1 aromatic rings. The maximum atomic E-state index is 12.1. The molecule has 1 aromatic heterocycles. The van der Waals surface area contributed by atoms with Crippen LogP contribution in [0.2, 0.25) is 0 Å². The molecule has 118 valence electrons. The summed E-state index contributed by atoms with van der Waals surface area (Å²) in [6, 6.07) is 4.22. The number of nitrogens with one attached hydrogen (secondary N) is 2. The molecule has 1 fully saturated rings. The first-order chi connectivity index (χ1) is 10.2. The van der Waals surface area contributed by atoms with E-state index in [2.05, 4.69) is 21.6 Å². The summed E-state index contributed by atoms with van der Waals surface area (Å²) in [7, 11) is 2.01. The Bertz CT molecular complexity index is 413. The van der Waals surface area contributed by atoms with Crippen molar-refractivity contribution in [3.8, 4) is 0 Å². The van der Waals surface area contributed by atoms with E-state index in [1.54, 1.807) is 11.3 Å². The number of piperidine rings is 1. The van der Waals surface area contributed by atoms with E-state index in [0.717, 1.165) is 25.6 Å². The van der Waals surface area contributed by atoms with Gasteiger partial charge >= 0.3 is 0 Å². The van der Waals surface area contributed by atoms with Crippen molar-refractivity contribution in [3.63, 3.8) is 0 Å². The molecule has 1 atom stereocenters. The van der Waals surface area contributed by atoms with E-state index < -0.39 is 0 Å². The fourth-order valence-corrected chi connectivity index (χ4v) is 3.62. The second-order valence-electron chi connectivity index (χ2n) is 5.92. The Hall–Kier alpha value is -0.910. The minimum absolute atomic E-state index is 0.116. The summed E-state index contributed by atoms with van der Waals surface area (Å²) in [6.45, 7) is 5.79. The van der Waals surface area contributed by atoms with E-state index in [1.165, 1.54) is 24.1 Å². The van der Waals surface area contributed by atoms with Gasteiger partial charge in [0.1, 0.15) is 0 Å². The van der Waals surface area contributed by atoms with Crippen molar-refractivity contribution in [2.24, 2.45) is 5.92 Å². The minimum atomic E-state index is 0.116. The van der Waals surface area contributed by atoms with Gasteiger partial charge in [-0.25, -0.2) is 0 Å². The molecule has 1 saturated heterocycles. The van der Waals surface area contributed by atoms with E-state index in [4.69, 9.17) is 0 Å². The fraction of sp³-hybridized carbons (Fsp3) is 0.688. The number of likely N-dealkylation sites (tertiary alicyclic amines) is 1. The smallest absolute Gasteiger partial charge is 0.234 e. The van der Waals surface area contributed by atoms with Crippen LogP contribution < -0.4 is 10.6 Å². The molecule has 0 saturated carbocycles. The van der Waals surface area contributed by atoms with Crippen LogP contribution in [0.4, 0.5) is 0 Å². The molecule has 0 bridgehead atoms. The Kier molecular flexibility index (Phi) is 6.67. The molecule has 2 heterocycles. The van der Waals surface area contributed by atoms with Gasteiger partial charge in [0.05, 0.1) is 12.6 Å². The highest BCUT2D eigenvalue weighted by atomic mass is 32.1. The zero-order valence-electron chi connectivity index (χ0n) is 13.1. The Labute approximate surface area is 131 Å². The summed E-state index contributed by atoms with van der Waals surface area (Å²) in [4.78, 5) is 15.6. The highest BCUT2D eigenvalue weighted by molar-refractivity contribution is 7.10. The fourth-order valence-electron chi connectivity index (χ4n) is 2.88. The zero-order valence-corrected chi connectivity index (χ0v) is 13.9. The predicted octanol–water partition coefficient (Wildman–Crippen LogP) is 2.25. The Balaban J connectivity index is 1.67. The van der Waals surface area contributed by atoms with E-state index in [0.29, 0.717) is 6.54 Å². The van der Waals surface area contributed by atoms with Gasteiger partial charge < -0.3 is 10.6 Å². The average molecular weight is 309 g/mol. The molecule has 0 aliphatic carbocycles. The molecule has 1 unspecified atom stereocenters. The third-order valence-corrected chi connectivity index (χ3v) is 5.28. The molecule has 2 rings (SSSR count). The predicted molar refractivity (Wildman–Crippen MR) is 88.6 cm³/mol. The molecule has 4 nitrogen and oxygen atoms in total. The molecule has 2 N–H and O–H groups in total. The Morgan fingerprint density at radius 1 is 1.48 bits per heavy atom. The normalized spacial score (nSPS) is 18.6. The second kappa shape index (κ2) is 8.51.